The highest BCUT2D eigenvalue weighted by Crippen LogP contribution is 2.27. The van der Waals surface area contributed by atoms with Crippen molar-refractivity contribution in [3.63, 3.8) is 0 Å². The van der Waals surface area contributed by atoms with Crippen molar-refractivity contribution in [2.45, 2.75) is 44.4 Å². The van der Waals surface area contributed by atoms with Crippen LogP contribution in [0.5, 0.6) is 0 Å². The molecular formula is C23H26N4O2. The van der Waals surface area contributed by atoms with Crippen LogP contribution in [0.3, 0.4) is 0 Å². The minimum absolute atomic E-state index is 0.169. The molecule has 29 heavy (non-hydrogen) atoms. The number of likely N-dealkylation sites (tertiary alicyclic amines) is 1. The second kappa shape index (κ2) is 9.45. The lowest BCUT2D eigenvalue weighted by molar-refractivity contribution is -0.132. The summed E-state index contributed by atoms with van der Waals surface area (Å²) in [5, 5.41) is 8.22. The van der Waals surface area contributed by atoms with Crippen LogP contribution in [0.4, 0.5) is 0 Å². The molecule has 1 saturated heterocycles. The monoisotopic (exact) mass is 390 g/mol. The van der Waals surface area contributed by atoms with Gasteiger partial charge in [-0.2, -0.15) is 0 Å². The molecule has 4 rings (SSSR count). The van der Waals surface area contributed by atoms with Crippen molar-refractivity contribution in [1.29, 1.82) is 0 Å². The van der Waals surface area contributed by atoms with E-state index >= 15 is 0 Å². The Bertz CT molecular complexity index is 903. The smallest absolute Gasteiger partial charge is 0.223 e. The Morgan fingerprint density at radius 3 is 2.34 bits per heavy atom. The van der Waals surface area contributed by atoms with Gasteiger partial charge >= 0.3 is 0 Å². The van der Waals surface area contributed by atoms with Gasteiger partial charge in [0.25, 0.3) is 0 Å². The van der Waals surface area contributed by atoms with E-state index in [4.69, 9.17) is 4.42 Å². The number of hydrogen-bond donors (Lipinski definition) is 0. The molecule has 1 aliphatic rings. The number of nitrogens with zero attached hydrogens (tertiary/aromatic N) is 4. The van der Waals surface area contributed by atoms with E-state index in [9.17, 15) is 4.79 Å². The molecule has 0 N–H and O–H groups in total. The van der Waals surface area contributed by atoms with Crippen molar-refractivity contribution < 1.29 is 9.21 Å². The number of pyridine rings is 1. The number of carbonyl (C=O) groups is 1. The Balaban J connectivity index is 1.21. The first kappa shape index (κ1) is 19.3. The lowest BCUT2D eigenvalue weighted by Gasteiger charge is -2.32. The third-order valence-electron chi connectivity index (χ3n) is 5.56. The van der Waals surface area contributed by atoms with Crippen molar-refractivity contribution in [3.8, 4) is 0 Å². The van der Waals surface area contributed by atoms with Gasteiger partial charge in [0, 0.05) is 44.7 Å². The fraction of sp³-hybridized carbons (Fsp3) is 0.391. The third-order valence-corrected chi connectivity index (χ3v) is 5.56. The number of aromatic nitrogens is 3. The van der Waals surface area contributed by atoms with E-state index in [-0.39, 0.29) is 5.91 Å². The van der Waals surface area contributed by atoms with Gasteiger partial charge in [-0.25, -0.2) is 0 Å². The summed E-state index contributed by atoms with van der Waals surface area (Å²) in [5.74, 6) is 1.87. The summed E-state index contributed by atoms with van der Waals surface area (Å²) >= 11 is 0. The maximum atomic E-state index is 12.6. The zero-order valence-corrected chi connectivity index (χ0v) is 16.5. The molecule has 6 nitrogen and oxygen atoms in total. The molecule has 1 amide bonds. The van der Waals surface area contributed by atoms with Crippen LogP contribution < -0.4 is 0 Å². The quantitative estimate of drug-likeness (QED) is 0.616. The topological polar surface area (TPSA) is 72.1 Å². The molecule has 0 spiro atoms. The zero-order chi connectivity index (χ0) is 19.9. The third kappa shape index (κ3) is 5.28. The predicted molar refractivity (Wildman–Crippen MR) is 109 cm³/mol. The maximum Gasteiger partial charge on any atom is 0.223 e. The van der Waals surface area contributed by atoms with E-state index in [2.05, 4.69) is 39.4 Å². The van der Waals surface area contributed by atoms with E-state index in [1.54, 1.807) is 0 Å². The first-order chi connectivity index (χ1) is 14.3. The van der Waals surface area contributed by atoms with Crippen LogP contribution in [0.1, 0.15) is 48.1 Å². The van der Waals surface area contributed by atoms with Gasteiger partial charge in [0.1, 0.15) is 0 Å². The van der Waals surface area contributed by atoms with Gasteiger partial charge in [-0.3, -0.25) is 9.78 Å². The lowest BCUT2D eigenvalue weighted by Crippen LogP contribution is -2.38. The summed E-state index contributed by atoms with van der Waals surface area (Å²) in [4.78, 5) is 18.6. The number of rotatable bonds is 7. The predicted octanol–water partition coefficient (Wildman–Crippen LogP) is 3.59. The summed E-state index contributed by atoms with van der Waals surface area (Å²) in [7, 11) is 0. The van der Waals surface area contributed by atoms with E-state index in [0.29, 0.717) is 37.0 Å². The largest absolute Gasteiger partial charge is 0.425 e. The highest BCUT2D eigenvalue weighted by Gasteiger charge is 2.24. The molecular weight excluding hydrogens is 364 g/mol. The van der Waals surface area contributed by atoms with Crippen LogP contribution in [0.25, 0.3) is 0 Å². The molecule has 1 aromatic carbocycles. The Kier molecular flexibility index (Phi) is 6.29. The summed E-state index contributed by atoms with van der Waals surface area (Å²) in [5.41, 5.74) is 2.57. The Morgan fingerprint density at radius 1 is 0.931 bits per heavy atom. The number of carbonyl (C=O) groups excluding carboxylic acids is 1. The summed E-state index contributed by atoms with van der Waals surface area (Å²) in [6, 6.07) is 14.4. The summed E-state index contributed by atoms with van der Waals surface area (Å²) < 4.78 is 5.72. The van der Waals surface area contributed by atoms with E-state index in [0.717, 1.165) is 32.4 Å². The lowest BCUT2D eigenvalue weighted by atomic mass is 9.90. The van der Waals surface area contributed by atoms with Gasteiger partial charge in [0.15, 0.2) is 0 Å². The number of amides is 1. The number of hydrogen-bond acceptors (Lipinski definition) is 5. The van der Waals surface area contributed by atoms with Crippen molar-refractivity contribution in [2.24, 2.45) is 0 Å². The molecule has 6 heteroatoms. The standard InChI is InChI=1S/C23H26N4O2/c28-23(27-16-12-20(13-17-27)19-10-14-24-15-11-19)9-8-22-26-25-21(29-22)7-6-18-4-2-1-3-5-18/h1-5,10-11,14-15,20H,6-9,12-13,16-17H2. The van der Waals surface area contributed by atoms with Gasteiger partial charge in [-0.05, 0) is 48.4 Å². The zero-order valence-electron chi connectivity index (χ0n) is 16.5. The highest BCUT2D eigenvalue weighted by atomic mass is 16.4. The number of benzene rings is 1. The molecule has 0 bridgehead atoms. The van der Waals surface area contributed by atoms with Gasteiger partial charge in [0.2, 0.25) is 17.7 Å². The van der Waals surface area contributed by atoms with Gasteiger partial charge in [0.05, 0.1) is 0 Å². The van der Waals surface area contributed by atoms with E-state index in [1.165, 1.54) is 11.1 Å². The number of piperidine rings is 1. The van der Waals surface area contributed by atoms with Crippen LogP contribution in [0.15, 0.2) is 59.3 Å². The van der Waals surface area contributed by atoms with Crippen LogP contribution in [0.2, 0.25) is 0 Å². The first-order valence-electron chi connectivity index (χ1n) is 10.3. The maximum absolute atomic E-state index is 12.6. The van der Waals surface area contributed by atoms with Crippen LogP contribution in [-0.2, 0) is 24.1 Å². The molecule has 1 aliphatic heterocycles. The molecule has 150 valence electrons. The molecule has 0 aliphatic carbocycles. The summed E-state index contributed by atoms with van der Waals surface area (Å²) in [6.07, 6.45) is 8.18. The van der Waals surface area contributed by atoms with Crippen LogP contribution in [-0.4, -0.2) is 39.1 Å². The molecule has 0 radical (unpaired) electrons. The van der Waals surface area contributed by atoms with Crippen molar-refractivity contribution in [1.82, 2.24) is 20.1 Å². The van der Waals surface area contributed by atoms with Gasteiger partial charge in [-0.15, -0.1) is 10.2 Å². The molecule has 0 atom stereocenters. The first-order valence-corrected chi connectivity index (χ1v) is 10.3. The van der Waals surface area contributed by atoms with Crippen molar-refractivity contribution in [3.05, 3.63) is 77.8 Å². The Morgan fingerprint density at radius 2 is 1.62 bits per heavy atom. The number of aryl methyl sites for hydroxylation is 3. The second-order valence-electron chi connectivity index (χ2n) is 7.51. The van der Waals surface area contributed by atoms with E-state index < -0.39 is 0 Å². The molecule has 0 saturated carbocycles. The molecule has 3 aromatic rings. The normalized spacial score (nSPS) is 14.8. The Labute approximate surface area is 171 Å². The summed E-state index contributed by atoms with van der Waals surface area (Å²) in [6.45, 7) is 1.61. The van der Waals surface area contributed by atoms with Gasteiger partial charge < -0.3 is 9.32 Å². The highest BCUT2D eigenvalue weighted by molar-refractivity contribution is 5.76. The van der Waals surface area contributed by atoms with Crippen molar-refractivity contribution in [2.75, 3.05) is 13.1 Å². The fourth-order valence-corrected chi connectivity index (χ4v) is 3.86. The molecule has 3 heterocycles. The Hall–Kier alpha value is -3.02. The van der Waals surface area contributed by atoms with Crippen LogP contribution in [0, 0.1) is 0 Å². The molecule has 2 aromatic heterocycles. The average Bonchev–Trinajstić information content (AvgIpc) is 3.25. The minimum Gasteiger partial charge on any atom is -0.425 e. The van der Waals surface area contributed by atoms with Crippen molar-refractivity contribution >= 4 is 5.91 Å². The molecule has 0 unspecified atom stereocenters. The van der Waals surface area contributed by atoms with E-state index in [1.807, 2.05) is 35.5 Å². The SMILES string of the molecule is O=C(CCc1nnc(CCc2ccccc2)o1)N1CCC(c2ccncc2)CC1. The van der Waals surface area contributed by atoms with Crippen LogP contribution >= 0.6 is 0 Å². The fourth-order valence-electron chi connectivity index (χ4n) is 3.86. The minimum atomic E-state index is 0.169. The average molecular weight is 390 g/mol. The molecule has 1 fully saturated rings. The van der Waals surface area contributed by atoms with Gasteiger partial charge in [-0.1, -0.05) is 30.3 Å². The second-order valence-corrected chi connectivity index (χ2v) is 7.51.